The van der Waals surface area contributed by atoms with Crippen LogP contribution in [0.3, 0.4) is 0 Å². The minimum atomic E-state index is -1.13. The highest BCUT2D eigenvalue weighted by molar-refractivity contribution is 5.91. The fourth-order valence-corrected chi connectivity index (χ4v) is 3.02. The second-order valence-corrected chi connectivity index (χ2v) is 6.14. The first-order valence-electron chi connectivity index (χ1n) is 8.04. The molecule has 0 spiro atoms. The number of rotatable bonds is 6. The van der Waals surface area contributed by atoms with E-state index in [9.17, 15) is 23.5 Å². The zero-order valence-electron chi connectivity index (χ0n) is 14.0. The van der Waals surface area contributed by atoms with E-state index in [-0.39, 0.29) is 29.3 Å². The van der Waals surface area contributed by atoms with Gasteiger partial charge in [0.1, 0.15) is 22.9 Å². The normalized spacial score (nSPS) is 18.3. The van der Waals surface area contributed by atoms with E-state index in [1.807, 2.05) is 0 Å². The largest absolute Gasteiger partial charge is 0.496 e. The molecule has 136 valence electrons. The first kappa shape index (κ1) is 17.8. The van der Waals surface area contributed by atoms with Crippen molar-refractivity contribution >= 4 is 11.9 Å². The first-order valence-corrected chi connectivity index (χ1v) is 8.04. The van der Waals surface area contributed by atoms with E-state index >= 15 is 0 Å². The van der Waals surface area contributed by atoms with Gasteiger partial charge in [0.2, 0.25) is 5.91 Å². The van der Waals surface area contributed by atoms with E-state index in [1.54, 1.807) is 6.07 Å². The number of carbonyl (C=O) groups excluding carboxylic acids is 1. The number of aromatic carboxylic acids is 1. The maximum atomic E-state index is 13.8. The van der Waals surface area contributed by atoms with Gasteiger partial charge in [-0.25, -0.2) is 13.6 Å². The van der Waals surface area contributed by atoms with Crippen LogP contribution in [0.1, 0.15) is 33.8 Å². The van der Waals surface area contributed by atoms with Gasteiger partial charge >= 0.3 is 5.97 Å². The van der Waals surface area contributed by atoms with Gasteiger partial charge in [-0.1, -0.05) is 12.1 Å². The fraction of sp³-hybridized carbons (Fsp3) is 0.263. The lowest BCUT2D eigenvalue weighted by Crippen LogP contribution is -2.25. The molecule has 2 atom stereocenters. The van der Waals surface area contributed by atoms with Gasteiger partial charge in [-0.2, -0.15) is 0 Å². The quantitative estimate of drug-likeness (QED) is 0.829. The summed E-state index contributed by atoms with van der Waals surface area (Å²) in [4.78, 5) is 23.4. The third-order valence-electron chi connectivity index (χ3n) is 4.46. The molecule has 0 bridgehead atoms. The highest BCUT2D eigenvalue weighted by atomic mass is 19.1. The lowest BCUT2D eigenvalue weighted by Gasteiger charge is -2.09. The molecule has 1 fully saturated rings. The number of carboxylic acids is 1. The Morgan fingerprint density at radius 1 is 1.23 bits per heavy atom. The lowest BCUT2D eigenvalue weighted by atomic mass is 10.1. The Bertz CT molecular complexity index is 848. The average molecular weight is 361 g/mol. The van der Waals surface area contributed by atoms with Gasteiger partial charge in [-0.15, -0.1) is 0 Å². The number of hydrogen-bond acceptors (Lipinski definition) is 3. The number of ether oxygens (including phenoxy) is 1. The molecule has 0 aliphatic heterocycles. The summed E-state index contributed by atoms with van der Waals surface area (Å²) < 4.78 is 32.5. The minimum absolute atomic E-state index is 0.00280. The summed E-state index contributed by atoms with van der Waals surface area (Å²) in [6, 6.07) is 8.22. The van der Waals surface area contributed by atoms with Crippen molar-refractivity contribution in [1.29, 1.82) is 0 Å². The standard InChI is InChI=1S/C19H17F2NO4/c1-26-16-6-5-10(7-13(16)19(24)25)9-22-18(23)12-8-11(12)17-14(20)3-2-4-15(17)21/h2-7,11-12H,8-9H2,1H3,(H,22,23)(H,24,25)/t11-,12+/m0/s1. The Balaban J connectivity index is 1.64. The fourth-order valence-electron chi connectivity index (χ4n) is 3.02. The molecule has 7 heteroatoms. The number of nitrogens with one attached hydrogen (secondary N) is 1. The predicted octanol–water partition coefficient (Wildman–Crippen LogP) is 3.09. The zero-order valence-corrected chi connectivity index (χ0v) is 14.0. The second-order valence-electron chi connectivity index (χ2n) is 6.14. The number of carbonyl (C=O) groups is 2. The van der Waals surface area contributed by atoms with Crippen LogP contribution in [0.25, 0.3) is 0 Å². The van der Waals surface area contributed by atoms with Crippen molar-refractivity contribution < 1.29 is 28.2 Å². The molecule has 1 aliphatic rings. The third-order valence-corrected chi connectivity index (χ3v) is 4.46. The number of methoxy groups -OCH3 is 1. The molecule has 2 aromatic rings. The smallest absolute Gasteiger partial charge is 0.339 e. The van der Waals surface area contributed by atoms with Gasteiger partial charge in [0, 0.05) is 23.9 Å². The van der Waals surface area contributed by atoms with Crippen molar-refractivity contribution in [3.8, 4) is 5.75 Å². The molecule has 3 rings (SSSR count). The SMILES string of the molecule is COc1ccc(CNC(=O)[C@@H]2C[C@@H]2c2c(F)cccc2F)cc1C(=O)O. The van der Waals surface area contributed by atoms with Gasteiger partial charge in [0.15, 0.2) is 0 Å². The summed E-state index contributed by atoms with van der Waals surface area (Å²) in [5.74, 6) is -3.47. The monoisotopic (exact) mass is 361 g/mol. The van der Waals surface area contributed by atoms with Crippen LogP contribution in [0, 0.1) is 17.6 Å². The van der Waals surface area contributed by atoms with Crippen LogP contribution in [0.5, 0.6) is 5.75 Å². The van der Waals surface area contributed by atoms with E-state index < -0.39 is 29.4 Å². The molecule has 0 radical (unpaired) electrons. The van der Waals surface area contributed by atoms with Crippen LogP contribution in [0.15, 0.2) is 36.4 Å². The van der Waals surface area contributed by atoms with E-state index in [1.165, 1.54) is 37.4 Å². The van der Waals surface area contributed by atoms with E-state index in [4.69, 9.17) is 4.74 Å². The van der Waals surface area contributed by atoms with Gasteiger partial charge < -0.3 is 15.2 Å². The summed E-state index contributed by atoms with van der Waals surface area (Å²) in [5, 5.41) is 11.9. The Labute approximate surface area is 148 Å². The number of halogens is 2. The molecule has 1 saturated carbocycles. The van der Waals surface area contributed by atoms with E-state index in [2.05, 4.69) is 5.32 Å². The minimum Gasteiger partial charge on any atom is -0.496 e. The van der Waals surface area contributed by atoms with Crippen molar-refractivity contribution in [2.75, 3.05) is 7.11 Å². The summed E-state index contributed by atoms with van der Waals surface area (Å²) in [5.41, 5.74) is 0.535. The molecule has 5 nitrogen and oxygen atoms in total. The molecule has 1 aliphatic carbocycles. The molecule has 0 unspecified atom stereocenters. The molecule has 2 N–H and O–H groups in total. The molecule has 2 aromatic carbocycles. The summed E-state index contributed by atoms with van der Waals surface area (Å²) >= 11 is 0. The summed E-state index contributed by atoms with van der Waals surface area (Å²) in [6.07, 6.45) is 0.382. The van der Waals surface area contributed by atoms with Crippen molar-refractivity contribution in [2.24, 2.45) is 5.92 Å². The summed E-state index contributed by atoms with van der Waals surface area (Å²) in [7, 11) is 1.37. The van der Waals surface area contributed by atoms with Crippen LogP contribution < -0.4 is 10.1 Å². The Morgan fingerprint density at radius 3 is 2.54 bits per heavy atom. The third kappa shape index (κ3) is 3.51. The molecular formula is C19H17F2NO4. The van der Waals surface area contributed by atoms with Crippen molar-refractivity contribution in [3.05, 3.63) is 64.7 Å². The van der Waals surface area contributed by atoms with Crippen LogP contribution in [0.2, 0.25) is 0 Å². The zero-order chi connectivity index (χ0) is 18.8. The topological polar surface area (TPSA) is 75.6 Å². The van der Waals surface area contributed by atoms with Gasteiger partial charge in [-0.3, -0.25) is 4.79 Å². The highest BCUT2D eigenvalue weighted by Crippen LogP contribution is 2.49. The van der Waals surface area contributed by atoms with Crippen molar-refractivity contribution in [2.45, 2.75) is 18.9 Å². The second kappa shape index (κ2) is 7.11. The van der Waals surface area contributed by atoms with Crippen LogP contribution in [0.4, 0.5) is 8.78 Å². The maximum absolute atomic E-state index is 13.8. The number of carboxylic acid groups (broad SMARTS) is 1. The molecule has 26 heavy (non-hydrogen) atoms. The van der Waals surface area contributed by atoms with Gasteiger partial charge in [0.05, 0.1) is 7.11 Å². The summed E-state index contributed by atoms with van der Waals surface area (Å²) in [6.45, 7) is 0.117. The molecule has 0 aromatic heterocycles. The van der Waals surface area contributed by atoms with Crippen molar-refractivity contribution in [1.82, 2.24) is 5.32 Å². The highest BCUT2D eigenvalue weighted by Gasteiger charge is 2.46. The molecule has 1 amide bonds. The van der Waals surface area contributed by atoms with Crippen LogP contribution >= 0.6 is 0 Å². The Morgan fingerprint density at radius 2 is 1.92 bits per heavy atom. The number of hydrogen-bond donors (Lipinski definition) is 2. The Hall–Kier alpha value is -2.96. The molecule has 0 saturated heterocycles. The van der Waals surface area contributed by atoms with Gasteiger partial charge in [-0.05, 0) is 36.2 Å². The molecular weight excluding hydrogens is 344 g/mol. The van der Waals surface area contributed by atoms with Crippen LogP contribution in [-0.4, -0.2) is 24.1 Å². The van der Waals surface area contributed by atoms with Gasteiger partial charge in [0.25, 0.3) is 0 Å². The van der Waals surface area contributed by atoms with E-state index in [0.717, 1.165) is 0 Å². The molecule has 0 heterocycles. The first-order chi connectivity index (χ1) is 12.4. The predicted molar refractivity (Wildman–Crippen MR) is 89.0 cm³/mol. The number of amides is 1. The lowest BCUT2D eigenvalue weighted by molar-refractivity contribution is -0.122. The van der Waals surface area contributed by atoms with E-state index in [0.29, 0.717) is 12.0 Å². The maximum Gasteiger partial charge on any atom is 0.339 e. The average Bonchev–Trinajstić information content (AvgIpc) is 3.39. The Kier molecular flexibility index (Phi) is 4.88. The van der Waals surface area contributed by atoms with Crippen LogP contribution in [-0.2, 0) is 11.3 Å². The van der Waals surface area contributed by atoms with Crippen molar-refractivity contribution in [3.63, 3.8) is 0 Å². The number of benzene rings is 2.